The molecule has 3 aromatic rings. The Morgan fingerprint density at radius 3 is 2.52 bits per heavy atom. The molecule has 6 nitrogen and oxygen atoms in total. The Hall–Kier alpha value is -2.70. The lowest BCUT2D eigenvalue weighted by Gasteiger charge is -2.34. The molecule has 1 amide bonds. The third kappa shape index (κ3) is 5.02. The van der Waals surface area contributed by atoms with Crippen molar-refractivity contribution in [3.05, 3.63) is 65.5 Å². The van der Waals surface area contributed by atoms with E-state index >= 15 is 0 Å². The Balaban J connectivity index is 1.25. The fourth-order valence-electron chi connectivity index (χ4n) is 3.88. The number of rotatable bonds is 6. The lowest BCUT2D eigenvalue weighted by atomic mass is 10.0. The maximum absolute atomic E-state index is 12.5. The molecule has 0 bridgehead atoms. The van der Waals surface area contributed by atoms with Gasteiger partial charge in [-0.25, -0.2) is 0 Å². The van der Waals surface area contributed by atoms with Gasteiger partial charge in [-0.05, 0) is 36.2 Å². The van der Waals surface area contributed by atoms with Crippen LogP contribution in [0.1, 0.15) is 30.0 Å². The number of benzene rings is 2. The van der Waals surface area contributed by atoms with Crippen molar-refractivity contribution in [2.24, 2.45) is 0 Å². The van der Waals surface area contributed by atoms with Gasteiger partial charge in [0.1, 0.15) is 5.76 Å². The molecular weight excluding hydrogens is 364 g/mol. The molecule has 1 atom stereocenters. The molecule has 29 heavy (non-hydrogen) atoms. The Morgan fingerprint density at radius 1 is 1.07 bits per heavy atom. The largest absolute Gasteiger partial charge is 0.361 e. The zero-order chi connectivity index (χ0) is 20.2. The highest BCUT2D eigenvalue weighted by molar-refractivity contribution is 5.83. The number of aryl methyl sites for hydroxylation is 1. The molecule has 1 aliphatic heterocycles. The van der Waals surface area contributed by atoms with E-state index in [4.69, 9.17) is 4.52 Å². The smallest absolute Gasteiger partial charge is 0.234 e. The average molecular weight is 393 g/mol. The monoisotopic (exact) mass is 392 g/mol. The van der Waals surface area contributed by atoms with E-state index in [0.717, 1.165) is 49.7 Å². The Labute approximate surface area is 171 Å². The normalized spacial score (nSPS) is 16.8. The quantitative estimate of drug-likeness (QED) is 0.698. The van der Waals surface area contributed by atoms with Crippen LogP contribution in [-0.4, -0.2) is 53.6 Å². The van der Waals surface area contributed by atoms with Gasteiger partial charge in [0.25, 0.3) is 0 Å². The van der Waals surface area contributed by atoms with Gasteiger partial charge in [0.15, 0.2) is 0 Å². The summed E-state index contributed by atoms with van der Waals surface area (Å²) in [6.45, 7) is 8.82. The van der Waals surface area contributed by atoms with Crippen molar-refractivity contribution in [2.45, 2.75) is 26.4 Å². The van der Waals surface area contributed by atoms with E-state index in [1.165, 1.54) is 10.8 Å². The minimum Gasteiger partial charge on any atom is -0.361 e. The van der Waals surface area contributed by atoms with Crippen LogP contribution >= 0.6 is 0 Å². The van der Waals surface area contributed by atoms with Crippen molar-refractivity contribution < 1.29 is 9.32 Å². The lowest BCUT2D eigenvalue weighted by Crippen LogP contribution is -2.49. The van der Waals surface area contributed by atoms with Crippen LogP contribution in [0, 0.1) is 6.92 Å². The Kier molecular flexibility index (Phi) is 5.92. The predicted octanol–water partition coefficient (Wildman–Crippen LogP) is 3.13. The molecule has 1 aliphatic rings. The van der Waals surface area contributed by atoms with E-state index in [1.807, 2.05) is 32.0 Å². The van der Waals surface area contributed by atoms with Crippen LogP contribution in [0.2, 0.25) is 0 Å². The molecule has 152 valence electrons. The number of aromatic nitrogens is 1. The summed E-state index contributed by atoms with van der Waals surface area (Å²) < 4.78 is 5.14. The number of nitrogens with one attached hydrogen (secondary N) is 1. The van der Waals surface area contributed by atoms with Crippen molar-refractivity contribution >= 4 is 16.7 Å². The van der Waals surface area contributed by atoms with E-state index in [-0.39, 0.29) is 11.9 Å². The first-order valence-corrected chi connectivity index (χ1v) is 10.2. The molecular formula is C23H28N4O2. The third-order valence-electron chi connectivity index (χ3n) is 5.55. The van der Waals surface area contributed by atoms with Gasteiger partial charge in [0, 0.05) is 38.8 Å². The van der Waals surface area contributed by atoms with E-state index < -0.39 is 0 Å². The molecule has 1 aromatic heterocycles. The minimum absolute atomic E-state index is 0.0104. The van der Waals surface area contributed by atoms with Crippen molar-refractivity contribution in [3.63, 3.8) is 0 Å². The van der Waals surface area contributed by atoms with E-state index in [1.54, 1.807) is 0 Å². The van der Waals surface area contributed by atoms with Gasteiger partial charge in [-0.1, -0.05) is 41.6 Å². The summed E-state index contributed by atoms with van der Waals surface area (Å²) in [5.41, 5.74) is 2.10. The van der Waals surface area contributed by atoms with E-state index in [9.17, 15) is 4.79 Å². The van der Waals surface area contributed by atoms with Crippen LogP contribution in [0.4, 0.5) is 0 Å². The van der Waals surface area contributed by atoms with Gasteiger partial charge < -0.3 is 9.84 Å². The highest BCUT2D eigenvalue weighted by Crippen LogP contribution is 2.20. The zero-order valence-electron chi connectivity index (χ0n) is 17.1. The molecule has 0 aliphatic carbocycles. The maximum atomic E-state index is 12.5. The van der Waals surface area contributed by atoms with Crippen molar-refractivity contribution in [1.29, 1.82) is 0 Å². The standard InChI is InChI=1S/C23H28N4O2/c1-17-13-22(25-29-17)15-26-9-11-27(12-10-26)16-23(28)24-18(2)20-8-7-19-5-3-4-6-21(19)14-20/h3-8,13-14,18H,9-12,15-16H2,1-2H3,(H,24,28). The Morgan fingerprint density at radius 2 is 1.79 bits per heavy atom. The second-order valence-electron chi connectivity index (χ2n) is 7.88. The van der Waals surface area contributed by atoms with Gasteiger partial charge in [-0.2, -0.15) is 0 Å². The molecule has 6 heteroatoms. The van der Waals surface area contributed by atoms with Crippen LogP contribution in [0.15, 0.2) is 53.1 Å². The van der Waals surface area contributed by atoms with Crippen molar-refractivity contribution in [1.82, 2.24) is 20.3 Å². The topological polar surface area (TPSA) is 61.6 Å². The summed E-state index contributed by atoms with van der Waals surface area (Å²) in [6, 6.07) is 16.6. The van der Waals surface area contributed by atoms with Gasteiger partial charge >= 0.3 is 0 Å². The van der Waals surface area contributed by atoms with E-state index in [0.29, 0.717) is 6.54 Å². The second kappa shape index (κ2) is 8.76. The molecule has 0 saturated carbocycles. The first kappa shape index (κ1) is 19.6. The van der Waals surface area contributed by atoms with Crippen LogP contribution in [0.5, 0.6) is 0 Å². The first-order valence-electron chi connectivity index (χ1n) is 10.2. The summed E-state index contributed by atoms with van der Waals surface area (Å²) in [4.78, 5) is 17.1. The molecule has 2 aromatic carbocycles. The zero-order valence-corrected chi connectivity index (χ0v) is 17.1. The Bertz CT molecular complexity index is 976. The van der Waals surface area contributed by atoms with Gasteiger partial charge in [0.05, 0.1) is 18.3 Å². The van der Waals surface area contributed by atoms with Gasteiger partial charge in [-0.3, -0.25) is 14.6 Å². The summed E-state index contributed by atoms with van der Waals surface area (Å²) in [5.74, 6) is 0.919. The van der Waals surface area contributed by atoms with Crippen molar-refractivity contribution in [2.75, 3.05) is 32.7 Å². The SMILES string of the molecule is Cc1cc(CN2CCN(CC(=O)NC(C)c3ccc4ccccc4c3)CC2)no1. The number of piperazine rings is 1. The summed E-state index contributed by atoms with van der Waals surface area (Å²) >= 11 is 0. The van der Waals surface area contributed by atoms with Gasteiger partial charge in [0.2, 0.25) is 5.91 Å². The molecule has 1 fully saturated rings. The predicted molar refractivity (Wildman–Crippen MR) is 113 cm³/mol. The number of hydrogen-bond donors (Lipinski definition) is 1. The minimum atomic E-state index is -0.0104. The number of nitrogens with zero attached hydrogens (tertiary/aromatic N) is 3. The third-order valence-corrected chi connectivity index (χ3v) is 5.55. The molecule has 1 saturated heterocycles. The number of carbonyl (C=O) groups excluding carboxylic acids is 1. The lowest BCUT2D eigenvalue weighted by molar-refractivity contribution is -0.123. The average Bonchev–Trinajstić information content (AvgIpc) is 3.13. The maximum Gasteiger partial charge on any atom is 0.234 e. The van der Waals surface area contributed by atoms with Crippen molar-refractivity contribution in [3.8, 4) is 0 Å². The molecule has 4 rings (SSSR count). The number of hydrogen-bond acceptors (Lipinski definition) is 5. The summed E-state index contributed by atoms with van der Waals surface area (Å²) in [5, 5.41) is 9.62. The molecule has 0 radical (unpaired) electrons. The highest BCUT2D eigenvalue weighted by Gasteiger charge is 2.20. The number of amides is 1. The highest BCUT2D eigenvalue weighted by atomic mass is 16.5. The fraction of sp³-hybridized carbons (Fsp3) is 0.391. The number of carbonyl (C=O) groups is 1. The summed E-state index contributed by atoms with van der Waals surface area (Å²) in [6.07, 6.45) is 0. The molecule has 2 heterocycles. The van der Waals surface area contributed by atoms with Gasteiger partial charge in [-0.15, -0.1) is 0 Å². The molecule has 1 N–H and O–H groups in total. The first-order chi connectivity index (χ1) is 14.1. The summed E-state index contributed by atoms with van der Waals surface area (Å²) in [7, 11) is 0. The second-order valence-corrected chi connectivity index (χ2v) is 7.88. The number of fused-ring (bicyclic) bond motifs is 1. The van der Waals surface area contributed by atoms with Crippen LogP contribution < -0.4 is 5.32 Å². The van der Waals surface area contributed by atoms with E-state index in [2.05, 4.69) is 50.6 Å². The fourth-order valence-corrected chi connectivity index (χ4v) is 3.88. The van der Waals surface area contributed by atoms with Crippen LogP contribution in [-0.2, 0) is 11.3 Å². The van der Waals surface area contributed by atoms with Crippen LogP contribution in [0.25, 0.3) is 10.8 Å². The molecule has 0 spiro atoms. The molecule has 1 unspecified atom stereocenters. The van der Waals surface area contributed by atoms with Crippen LogP contribution in [0.3, 0.4) is 0 Å².